The molecule has 4 heteroatoms. The molecule has 1 aliphatic rings. The average molecular weight is 380 g/mol. The van der Waals surface area contributed by atoms with E-state index in [0.29, 0.717) is 23.7 Å². The fourth-order valence-electron chi connectivity index (χ4n) is 3.29. The minimum Gasteiger partial charge on any atom is -0.508 e. The second kappa shape index (κ2) is 7.90. The van der Waals surface area contributed by atoms with Crippen molar-refractivity contribution in [1.29, 1.82) is 0 Å². The molecular formula is C23H22ClNO2. The van der Waals surface area contributed by atoms with E-state index in [-0.39, 0.29) is 17.1 Å². The van der Waals surface area contributed by atoms with Crippen molar-refractivity contribution in [3.8, 4) is 17.6 Å². The van der Waals surface area contributed by atoms with Crippen LogP contribution in [0.25, 0.3) is 0 Å². The summed E-state index contributed by atoms with van der Waals surface area (Å²) in [7, 11) is 0. The van der Waals surface area contributed by atoms with Crippen LogP contribution in [0.3, 0.4) is 0 Å². The lowest BCUT2D eigenvalue weighted by atomic mass is 9.78. The summed E-state index contributed by atoms with van der Waals surface area (Å²) in [5.41, 5.74) is 2.47. The Morgan fingerprint density at radius 3 is 2.70 bits per heavy atom. The number of halogens is 1. The molecule has 1 fully saturated rings. The van der Waals surface area contributed by atoms with Crippen molar-refractivity contribution in [2.75, 3.05) is 13.1 Å². The Bertz CT molecular complexity index is 950. The number of piperidine rings is 1. The van der Waals surface area contributed by atoms with Crippen LogP contribution in [0, 0.1) is 17.3 Å². The maximum Gasteiger partial charge on any atom is 0.254 e. The molecule has 0 unspecified atom stereocenters. The van der Waals surface area contributed by atoms with Crippen molar-refractivity contribution in [1.82, 2.24) is 4.90 Å². The summed E-state index contributed by atoms with van der Waals surface area (Å²) in [6.45, 7) is 5.51. The Hall–Kier alpha value is -2.70. The number of rotatable bonds is 1. The Morgan fingerprint density at radius 2 is 2.00 bits per heavy atom. The fraction of sp³-hybridized carbons (Fsp3) is 0.261. The van der Waals surface area contributed by atoms with Gasteiger partial charge in [0.2, 0.25) is 0 Å². The fourth-order valence-corrected chi connectivity index (χ4v) is 3.48. The number of phenols is 1. The number of nitrogens with zero attached hydrogens (tertiary/aromatic N) is 1. The van der Waals surface area contributed by atoms with Gasteiger partial charge in [-0.1, -0.05) is 55.0 Å². The molecule has 1 amide bonds. The van der Waals surface area contributed by atoms with Gasteiger partial charge in [0, 0.05) is 34.7 Å². The first-order valence-corrected chi connectivity index (χ1v) is 9.28. The second-order valence-electron chi connectivity index (χ2n) is 7.36. The van der Waals surface area contributed by atoms with E-state index < -0.39 is 0 Å². The van der Waals surface area contributed by atoms with Gasteiger partial charge in [-0.05, 0) is 48.9 Å². The van der Waals surface area contributed by atoms with Crippen LogP contribution in [0.5, 0.6) is 5.75 Å². The number of benzene rings is 2. The summed E-state index contributed by atoms with van der Waals surface area (Å²) >= 11 is 5.99. The highest BCUT2D eigenvalue weighted by molar-refractivity contribution is 6.30. The zero-order chi connectivity index (χ0) is 19.4. The number of hydrogen-bond acceptors (Lipinski definition) is 2. The standard InChI is InChI=1S/C23H22ClNO2/c1-23(2)16-25(22(27)18-8-5-11-21(26)15-18)13-12-19(23)9-3-6-17-7-4-10-20(24)14-17/h4-5,7-11,14-15,26H,12-13,16H2,1-2H3/b19-9+. The van der Waals surface area contributed by atoms with E-state index in [9.17, 15) is 9.90 Å². The second-order valence-corrected chi connectivity index (χ2v) is 7.80. The number of carbonyl (C=O) groups excluding carboxylic acids is 1. The van der Waals surface area contributed by atoms with Gasteiger partial charge in [-0.15, -0.1) is 0 Å². The summed E-state index contributed by atoms with van der Waals surface area (Å²) in [5, 5.41) is 10.3. The van der Waals surface area contributed by atoms with E-state index in [4.69, 9.17) is 11.6 Å². The van der Waals surface area contributed by atoms with Crippen LogP contribution in [0.4, 0.5) is 0 Å². The number of phenolic OH excluding ortho intramolecular Hbond substituents is 1. The van der Waals surface area contributed by atoms with Crippen molar-refractivity contribution in [3.05, 3.63) is 76.3 Å². The molecule has 1 saturated heterocycles. The third kappa shape index (κ3) is 4.72. The molecule has 2 aromatic rings. The molecule has 0 atom stereocenters. The Kier molecular flexibility index (Phi) is 5.58. The van der Waals surface area contributed by atoms with Crippen molar-refractivity contribution in [2.24, 2.45) is 5.41 Å². The van der Waals surface area contributed by atoms with Crippen LogP contribution in [0.2, 0.25) is 5.02 Å². The lowest BCUT2D eigenvalue weighted by Crippen LogP contribution is -2.44. The van der Waals surface area contributed by atoms with E-state index in [2.05, 4.69) is 25.7 Å². The van der Waals surface area contributed by atoms with Crippen LogP contribution in [0.15, 0.2) is 60.2 Å². The summed E-state index contributed by atoms with van der Waals surface area (Å²) in [6, 6.07) is 14.0. The molecule has 3 nitrogen and oxygen atoms in total. The van der Waals surface area contributed by atoms with Crippen LogP contribution in [0.1, 0.15) is 36.2 Å². The molecule has 0 bridgehead atoms. The lowest BCUT2D eigenvalue weighted by Gasteiger charge is -2.40. The molecule has 0 spiro atoms. The largest absolute Gasteiger partial charge is 0.508 e. The molecule has 138 valence electrons. The van der Waals surface area contributed by atoms with Gasteiger partial charge in [-0.3, -0.25) is 4.79 Å². The monoisotopic (exact) mass is 379 g/mol. The van der Waals surface area contributed by atoms with Crippen LogP contribution >= 0.6 is 11.6 Å². The van der Waals surface area contributed by atoms with Gasteiger partial charge in [-0.2, -0.15) is 0 Å². The molecule has 0 aromatic heterocycles. The van der Waals surface area contributed by atoms with E-state index in [0.717, 1.165) is 12.0 Å². The zero-order valence-corrected chi connectivity index (χ0v) is 16.3. The van der Waals surface area contributed by atoms with E-state index in [1.807, 2.05) is 35.2 Å². The maximum atomic E-state index is 12.7. The lowest BCUT2D eigenvalue weighted by molar-refractivity contribution is 0.0663. The molecule has 1 N–H and O–H groups in total. The van der Waals surface area contributed by atoms with E-state index >= 15 is 0 Å². The van der Waals surface area contributed by atoms with Crippen molar-refractivity contribution < 1.29 is 9.90 Å². The zero-order valence-electron chi connectivity index (χ0n) is 15.5. The number of allylic oxidation sites excluding steroid dienone is 1. The number of amides is 1. The first kappa shape index (κ1) is 19.1. The number of carbonyl (C=O) groups is 1. The van der Waals surface area contributed by atoms with Gasteiger partial charge < -0.3 is 10.0 Å². The minimum absolute atomic E-state index is 0.0527. The third-order valence-electron chi connectivity index (χ3n) is 4.77. The average Bonchev–Trinajstić information content (AvgIpc) is 2.62. The van der Waals surface area contributed by atoms with Gasteiger partial charge in [0.1, 0.15) is 5.75 Å². The SMILES string of the molecule is CC1(C)CN(C(=O)c2cccc(O)c2)CC/C1=C\C#Cc1cccc(Cl)c1. The van der Waals surface area contributed by atoms with Crippen LogP contribution < -0.4 is 0 Å². The van der Waals surface area contributed by atoms with Gasteiger partial charge in [-0.25, -0.2) is 0 Å². The summed E-state index contributed by atoms with van der Waals surface area (Å²) in [6.07, 6.45) is 2.75. The van der Waals surface area contributed by atoms with E-state index in [1.54, 1.807) is 18.2 Å². The topological polar surface area (TPSA) is 40.5 Å². The predicted molar refractivity (Wildman–Crippen MR) is 109 cm³/mol. The smallest absolute Gasteiger partial charge is 0.254 e. The van der Waals surface area contributed by atoms with Crippen molar-refractivity contribution in [3.63, 3.8) is 0 Å². The Balaban J connectivity index is 1.73. The Labute approximate surface area is 165 Å². The molecule has 1 heterocycles. The highest BCUT2D eigenvalue weighted by atomic mass is 35.5. The van der Waals surface area contributed by atoms with Crippen LogP contribution in [-0.2, 0) is 0 Å². The van der Waals surface area contributed by atoms with Gasteiger partial charge in [0.05, 0.1) is 0 Å². The number of aromatic hydroxyl groups is 1. The summed E-state index contributed by atoms with van der Waals surface area (Å²) in [4.78, 5) is 14.6. The van der Waals surface area contributed by atoms with Crippen molar-refractivity contribution >= 4 is 17.5 Å². The highest BCUT2D eigenvalue weighted by Gasteiger charge is 2.33. The molecule has 2 aromatic carbocycles. The molecule has 0 aliphatic carbocycles. The number of hydrogen-bond donors (Lipinski definition) is 1. The normalized spacial score (nSPS) is 17.3. The molecule has 0 radical (unpaired) electrons. The highest BCUT2D eigenvalue weighted by Crippen LogP contribution is 2.34. The van der Waals surface area contributed by atoms with Crippen molar-refractivity contribution in [2.45, 2.75) is 20.3 Å². The van der Waals surface area contributed by atoms with Gasteiger partial charge in [0.25, 0.3) is 5.91 Å². The molecule has 27 heavy (non-hydrogen) atoms. The van der Waals surface area contributed by atoms with E-state index in [1.165, 1.54) is 11.6 Å². The summed E-state index contributed by atoms with van der Waals surface area (Å²) in [5.74, 6) is 6.30. The molecule has 0 saturated carbocycles. The third-order valence-corrected chi connectivity index (χ3v) is 5.01. The predicted octanol–water partition coefficient (Wildman–Crippen LogP) is 4.90. The summed E-state index contributed by atoms with van der Waals surface area (Å²) < 4.78 is 0. The molecule has 1 aliphatic heterocycles. The van der Waals surface area contributed by atoms with Gasteiger partial charge in [0.15, 0.2) is 0 Å². The first-order valence-electron chi connectivity index (χ1n) is 8.90. The minimum atomic E-state index is -0.159. The quantitative estimate of drug-likeness (QED) is 0.716. The van der Waals surface area contributed by atoms with Crippen LogP contribution in [-0.4, -0.2) is 29.0 Å². The molecule has 3 rings (SSSR count). The Morgan fingerprint density at radius 1 is 1.22 bits per heavy atom. The maximum absolute atomic E-state index is 12.7. The number of likely N-dealkylation sites (tertiary alicyclic amines) is 1. The molecular weight excluding hydrogens is 358 g/mol. The first-order chi connectivity index (χ1) is 12.8. The van der Waals surface area contributed by atoms with Gasteiger partial charge >= 0.3 is 0 Å².